The number of carbonyl (C=O) groups excluding carboxylic acids is 1. The molecule has 0 radical (unpaired) electrons. The molecule has 0 aliphatic heterocycles. The van der Waals surface area contributed by atoms with E-state index in [2.05, 4.69) is 40.3 Å². The Bertz CT molecular complexity index is 815. The lowest BCUT2D eigenvalue weighted by Gasteiger charge is -2.27. The number of carbonyl (C=O) groups is 1. The number of hydrogen-bond acceptors (Lipinski definition) is 3. The van der Waals surface area contributed by atoms with E-state index in [1.807, 2.05) is 0 Å². The van der Waals surface area contributed by atoms with Crippen LogP contribution in [0.4, 0.5) is 0 Å². The van der Waals surface area contributed by atoms with Crippen LogP contribution in [0.5, 0.6) is 0 Å². The minimum Gasteiger partial charge on any atom is -0.352 e. The van der Waals surface area contributed by atoms with Crippen molar-refractivity contribution < 1.29 is 4.79 Å². The summed E-state index contributed by atoms with van der Waals surface area (Å²) in [6, 6.07) is 8.53. The topological polar surface area (TPSA) is 86.1 Å². The SMILES string of the molecule is NC1CCC(NC(=O)C(N)Cc2cn(CC3CCCCC3)c3ccccc23)CC1. The van der Waals surface area contributed by atoms with Crippen molar-refractivity contribution in [2.75, 3.05) is 0 Å². The molecule has 1 aromatic heterocycles. The average molecular weight is 397 g/mol. The lowest BCUT2D eigenvalue weighted by Crippen LogP contribution is -2.48. The fourth-order valence-electron chi connectivity index (χ4n) is 5.19. The van der Waals surface area contributed by atoms with Crippen molar-refractivity contribution in [2.24, 2.45) is 17.4 Å². The number of benzene rings is 1. The zero-order chi connectivity index (χ0) is 20.2. The van der Waals surface area contributed by atoms with Crippen LogP contribution in [0, 0.1) is 5.92 Å². The molecule has 0 spiro atoms. The van der Waals surface area contributed by atoms with Crippen LogP contribution < -0.4 is 16.8 Å². The van der Waals surface area contributed by atoms with Gasteiger partial charge in [0, 0.05) is 35.7 Å². The highest BCUT2D eigenvalue weighted by molar-refractivity contribution is 5.86. The Morgan fingerprint density at radius 3 is 2.55 bits per heavy atom. The Hall–Kier alpha value is -1.85. The van der Waals surface area contributed by atoms with E-state index in [4.69, 9.17) is 11.5 Å². The van der Waals surface area contributed by atoms with Crippen molar-refractivity contribution in [1.29, 1.82) is 0 Å². The standard InChI is InChI=1S/C24H36N4O/c25-19-10-12-20(13-11-19)27-24(29)22(26)14-18-16-28(15-17-6-2-1-3-7-17)23-9-5-4-8-21(18)23/h4-5,8-9,16-17,19-20,22H,1-3,6-7,10-15,25-26H2,(H,27,29). The third kappa shape index (κ3) is 5.01. The first-order valence-corrected chi connectivity index (χ1v) is 11.5. The van der Waals surface area contributed by atoms with Gasteiger partial charge in [0.2, 0.25) is 5.91 Å². The summed E-state index contributed by atoms with van der Waals surface area (Å²) in [4.78, 5) is 12.7. The number of para-hydroxylation sites is 1. The summed E-state index contributed by atoms with van der Waals surface area (Å²) < 4.78 is 2.40. The number of fused-ring (bicyclic) bond motifs is 1. The van der Waals surface area contributed by atoms with Crippen LogP contribution in [-0.2, 0) is 17.8 Å². The molecule has 2 fully saturated rings. The number of nitrogens with one attached hydrogen (secondary N) is 1. The van der Waals surface area contributed by atoms with Gasteiger partial charge in [-0.2, -0.15) is 0 Å². The fourth-order valence-corrected chi connectivity index (χ4v) is 5.19. The molecule has 1 atom stereocenters. The third-order valence-corrected chi connectivity index (χ3v) is 6.95. The van der Waals surface area contributed by atoms with Gasteiger partial charge >= 0.3 is 0 Å². The van der Waals surface area contributed by atoms with Gasteiger partial charge in [-0.05, 0) is 62.5 Å². The van der Waals surface area contributed by atoms with Crippen LogP contribution in [0.1, 0.15) is 63.4 Å². The predicted octanol–water partition coefficient (Wildman–Crippen LogP) is 3.48. The van der Waals surface area contributed by atoms with Gasteiger partial charge in [-0.3, -0.25) is 4.79 Å². The number of hydrogen-bond donors (Lipinski definition) is 3. The summed E-state index contributed by atoms with van der Waals surface area (Å²) in [6.45, 7) is 1.07. The second kappa shape index (κ2) is 9.31. The molecular weight excluding hydrogens is 360 g/mol. The Labute approximate surface area is 174 Å². The largest absolute Gasteiger partial charge is 0.352 e. The molecule has 2 aromatic rings. The van der Waals surface area contributed by atoms with Gasteiger partial charge in [0.25, 0.3) is 0 Å². The molecule has 1 amide bonds. The average Bonchev–Trinajstić information content (AvgIpc) is 3.08. The van der Waals surface area contributed by atoms with E-state index in [0.717, 1.165) is 38.1 Å². The van der Waals surface area contributed by atoms with Crippen LogP contribution in [-0.4, -0.2) is 28.6 Å². The van der Waals surface area contributed by atoms with Gasteiger partial charge in [0.05, 0.1) is 6.04 Å². The van der Waals surface area contributed by atoms with Gasteiger partial charge in [0.1, 0.15) is 0 Å². The highest BCUT2D eigenvalue weighted by Gasteiger charge is 2.24. The number of aromatic nitrogens is 1. The molecule has 4 rings (SSSR count). The molecule has 158 valence electrons. The highest BCUT2D eigenvalue weighted by atomic mass is 16.2. The first-order valence-electron chi connectivity index (χ1n) is 11.5. The van der Waals surface area contributed by atoms with Crippen LogP contribution in [0.3, 0.4) is 0 Å². The van der Waals surface area contributed by atoms with Crippen molar-refractivity contribution in [3.05, 3.63) is 36.0 Å². The zero-order valence-electron chi connectivity index (χ0n) is 17.5. The van der Waals surface area contributed by atoms with E-state index in [-0.39, 0.29) is 18.0 Å². The first-order chi connectivity index (χ1) is 14.1. The monoisotopic (exact) mass is 396 g/mol. The molecule has 5 N–H and O–H groups in total. The third-order valence-electron chi connectivity index (χ3n) is 6.95. The molecule has 0 saturated heterocycles. The summed E-state index contributed by atoms with van der Waals surface area (Å²) in [5, 5.41) is 4.39. The van der Waals surface area contributed by atoms with Gasteiger partial charge in [-0.25, -0.2) is 0 Å². The highest BCUT2D eigenvalue weighted by Crippen LogP contribution is 2.29. The smallest absolute Gasteiger partial charge is 0.237 e. The zero-order valence-corrected chi connectivity index (χ0v) is 17.5. The van der Waals surface area contributed by atoms with Crippen molar-refractivity contribution in [3.63, 3.8) is 0 Å². The minimum absolute atomic E-state index is 0.0328. The van der Waals surface area contributed by atoms with E-state index >= 15 is 0 Å². The van der Waals surface area contributed by atoms with E-state index in [1.54, 1.807) is 0 Å². The second-order valence-corrected chi connectivity index (χ2v) is 9.26. The molecule has 1 aromatic carbocycles. The van der Waals surface area contributed by atoms with E-state index in [0.29, 0.717) is 6.42 Å². The Morgan fingerprint density at radius 2 is 1.79 bits per heavy atom. The summed E-state index contributed by atoms with van der Waals surface area (Å²) in [5.41, 5.74) is 14.8. The van der Waals surface area contributed by atoms with Crippen molar-refractivity contribution in [3.8, 4) is 0 Å². The molecule has 5 nitrogen and oxygen atoms in total. The lowest BCUT2D eigenvalue weighted by atomic mass is 9.89. The van der Waals surface area contributed by atoms with Gasteiger partial charge in [0.15, 0.2) is 0 Å². The summed E-state index contributed by atoms with van der Waals surface area (Å²) >= 11 is 0. The van der Waals surface area contributed by atoms with Crippen LogP contribution >= 0.6 is 0 Å². The molecule has 2 aliphatic carbocycles. The number of rotatable bonds is 6. The van der Waals surface area contributed by atoms with Crippen molar-refractivity contribution >= 4 is 16.8 Å². The van der Waals surface area contributed by atoms with Crippen LogP contribution in [0.15, 0.2) is 30.5 Å². The molecule has 1 heterocycles. The fraction of sp³-hybridized carbons (Fsp3) is 0.625. The summed E-state index contributed by atoms with van der Waals surface area (Å²) in [6.07, 6.45) is 13.4. The van der Waals surface area contributed by atoms with Crippen LogP contribution in [0.25, 0.3) is 10.9 Å². The minimum atomic E-state index is -0.514. The number of amides is 1. The normalized spacial score (nSPS) is 24.5. The maximum atomic E-state index is 12.7. The molecular formula is C24H36N4O. The molecule has 5 heteroatoms. The Kier molecular flexibility index (Phi) is 6.56. The first kappa shape index (κ1) is 20.4. The predicted molar refractivity (Wildman–Crippen MR) is 119 cm³/mol. The quantitative estimate of drug-likeness (QED) is 0.699. The summed E-state index contributed by atoms with van der Waals surface area (Å²) in [5.74, 6) is 0.733. The Balaban J connectivity index is 1.43. The Morgan fingerprint density at radius 1 is 1.07 bits per heavy atom. The molecule has 29 heavy (non-hydrogen) atoms. The van der Waals surface area contributed by atoms with E-state index in [1.165, 1.54) is 48.6 Å². The van der Waals surface area contributed by atoms with E-state index in [9.17, 15) is 4.79 Å². The second-order valence-electron chi connectivity index (χ2n) is 9.26. The van der Waals surface area contributed by atoms with Crippen LogP contribution in [0.2, 0.25) is 0 Å². The maximum absolute atomic E-state index is 12.7. The number of nitrogens with zero attached hydrogens (tertiary/aromatic N) is 1. The lowest BCUT2D eigenvalue weighted by molar-refractivity contribution is -0.123. The maximum Gasteiger partial charge on any atom is 0.237 e. The molecule has 1 unspecified atom stereocenters. The van der Waals surface area contributed by atoms with Gasteiger partial charge in [-0.15, -0.1) is 0 Å². The molecule has 0 bridgehead atoms. The van der Waals surface area contributed by atoms with E-state index < -0.39 is 6.04 Å². The van der Waals surface area contributed by atoms with Crippen molar-refractivity contribution in [2.45, 2.75) is 88.9 Å². The van der Waals surface area contributed by atoms with Gasteiger partial charge in [-0.1, -0.05) is 37.5 Å². The van der Waals surface area contributed by atoms with Crippen molar-refractivity contribution in [1.82, 2.24) is 9.88 Å². The molecule has 2 aliphatic rings. The summed E-state index contributed by atoms with van der Waals surface area (Å²) in [7, 11) is 0. The number of nitrogens with two attached hydrogens (primary N) is 2. The molecule has 2 saturated carbocycles. The van der Waals surface area contributed by atoms with Gasteiger partial charge < -0.3 is 21.4 Å².